The molecule has 0 bridgehead atoms. The third-order valence-corrected chi connectivity index (χ3v) is 3.04. The van der Waals surface area contributed by atoms with Gasteiger partial charge in [0.15, 0.2) is 0 Å². The molecular formula is C15H28OS2. The van der Waals surface area contributed by atoms with Gasteiger partial charge in [-0.05, 0) is 24.5 Å². The highest BCUT2D eigenvalue weighted by Crippen LogP contribution is 2.18. The molecule has 1 aromatic carbocycles. The summed E-state index contributed by atoms with van der Waals surface area (Å²) in [5.41, 5.74) is 1.09. The monoisotopic (exact) mass is 288 g/mol. The van der Waals surface area contributed by atoms with Gasteiger partial charge < -0.3 is 5.11 Å². The number of phenolic OH excluding ortho intramolecular Hbond substituents is 1. The number of aromatic hydroxyl groups is 1. The highest BCUT2D eigenvalue weighted by Gasteiger charge is 1.98. The smallest absolute Gasteiger partial charge is 0.118 e. The molecule has 3 heteroatoms. The van der Waals surface area contributed by atoms with Crippen LogP contribution in [0.1, 0.15) is 57.4 Å². The fourth-order valence-corrected chi connectivity index (χ4v) is 1.99. The Morgan fingerprint density at radius 1 is 0.833 bits per heavy atom. The van der Waals surface area contributed by atoms with Crippen molar-refractivity contribution in [2.24, 2.45) is 0 Å². The van der Waals surface area contributed by atoms with Crippen LogP contribution in [0.2, 0.25) is 0 Å². The van der Waals surface area contributed by atoms with E-state index in [9.17, 15) is 5.11 Å². The SMILES string of the molecule is CCCCCCCCCc1ccccc1O.S.S. The molecule has 106 valence electrons. The second kappa shape index (κ2) is 13.2. The molecule has 0 atom stereocenters. The summed E-state index contributed by atoms with van der Waals surface area (Å²) in [6, 6.07) is 7.67. The summed E-state index contributed by atoms with van der Waals surface area (Å²) in [4.78, 5) is 0. The maximum absolute atomic E-state index is 9.58. The quantitative estimate of drug-likeness (QED) is 0.674. The van der Waals surface area contributed by atoms with Gasteiger partial charge in [0.05, 0.1) is 0 Å². The molecule has 0 heterocycles. The van der Waals surface area contributed by atoms with E-state index in [2.05, 4.69) is 6.92 Å². The zero-order chi connectivity index (χ0) is 11.6. The van der Waals surface area contributed by atoms with Crippen molar-refractivity contribution in [3.63, 3.8) is 0 Å². The Hall–Kier alpha value is -0.280. The zero-order valence-corrected chi connectivity index (χ0v) is 13.4. The normalized spacial score (nSPS) is 9.39. The van der Waals surface area contributed by atoms with Crippen molar-refractivity contribution in [2.45, 2.75) is 58.3 Å². The highest BCUT2D eigenvalue weighted by atomic mass is 32.1. The maximum Gasteiger partial charge on any atom is 0.118 e. The van der Waals surface area contributed by atoms with E-state index in [1.165, 1.54) is 44.9 Å². The average Bonchev–Trinajstić information content (AvgIpc) is 2.30. The fraction of sp³-hybridized carbons (Fsp3) is 0.600. The van der Waals surface area contributed by atoms with E-state index in [-0.39, 0.29) is 27.0 Å². The minimum absolute atomic E-state index is 0. The predicted octanol–water partition coefficient (Wildman–Crippen LogP) is 4.91. The molecule has 0 unspecified atom stereocenters. The number of unbranched alkanes of at least 4 members (excludes halogenated alkanes) is 6. The van der Waals surface area contributed by atoms with E-state index < -0.39 is 0 Å². The van der Waals surface area contributed by atoms with Crippen LogP contribution in [0.4, 0.5) is 0 Å². The zero-order valence-electron chi connectivity index (χ0n) is 11.4. The first-order chi connectivity index (χ1) is 7.84. The number of hydrogen-bond acceptors (Lipinski definition) is 1. The van der Waals surface area contributed by atoms with Crippen molar-refractivity contribution >= 4 is 27.0 Å². The largest absolute Gasteiger partial charge is 0.508 e. The van der Waals surface area contributed by atoms with Crippen molar-refractivity contribution < 1.29 is 5.11 Å². The van der Waals surface area contributed by atoms with Crippen LogP contribution in [0.15, 0.2) is 24.3 Å². The van der Waals surface area contributed by atoms with Crippen LogP contribution in [-0.2, 0) is 6.42 Å². The lowest BCUT2D eigenvalue weighted by Crippen LogP contribution is -1.87. The van der Waals surface area contributed by atoms with Crippen LogP contribution >= 0.6 is 27.0 Å². The number of rotatable bonds is 8. The Kier molecular flexibility index (Phi) is 14.7. The average molecular weight is 289 g/mol. The van der Waals surface area contributed by atoms with Crippen LogP contribution in [0.3, 0.4) is 0 Å². The van der Waals surface area contributed by atoms with Crippen LogP contribution in [0.5, 0.6) is 5.75 Å². The first-order valence-corrected chi connectivity index (χ1v) is 6.61. The summed E-state index contributed by atoms with van der Waals surface area (Å²) in [5.74, 6) is 0.452. The summed E-state index contributed by atoms with van der Waals surface area (Å²) in [7, 11) is 0. The first-order valence-electron chi connectivity index (χ1n) is 6.61. The van der Waals surface area contributed by atoms with Gasteiger partial charge in [0.2, 0.25) is 0 Å². The number of phenols is 1. The summed E-state index contributed by atoms with van der Waals surface area (Å²) >= 11 is 0. The summed E-state index contributed by atoms with van der Waals surface area (Å²) in [6.45, 7) is 2.25. The van der Waals surface area contributed by atoms with Crippen molar-refractivity contribution in [3.8, 4) is 5.75 Å². The minimum Gasteiger partial charge on any atom is -0.508 e. The molecule has 1 nitrogen and oxygen atoms in total. The second-order valence-electron chi connectivity index (χ2n) is 4.50. The molecule has 0 aliphatic rings. The molecule has 0 saturated heterocycles. The van der Waals surface area contributed by atoms with Gasteiger partial charge in [-0.3, -0.25) is 0 Å². The van der Waals surface area contributed by atoms with E-state index >= 15 is 0 Å². The Morgan fingerprint density at radius 2 is 1.39 bits per heavy atom. The number of para-hydroxylation sites is 1. The lowest BCUT2D eigenvalue weighted by atomic mass is 10.0. The molecule has 1 aromatic rings. The van der Waals surface area contributed by atoms with E-state index in [1.807, 2.05) is 18.2 Å². The number of aryl methyl sites for hydroxylation is 1. The van der Waals surface area contributed by atoms with Gasteiger partial charge in [0.25, 0.3) is 0 Å². The highest BCUT2D eigenvalue weighted by molar-refractivity contribution is 7.59. The van der Waals surface area contributed by atoms with E-state index in [0.29, 0.717) is 5.75 Å². The predicted molar refractivity (Wildman–Crippen MR) is 90.6 cm³/mol. The lowest BCUT2D eigenvalue weighted by Gasteiger charge is -2.04. The third kappa shape index (κ3) is 8.76. The first kappa shape index (κ1) is 20.0. The number of hydrogen-bond donors (Lipinski definition) is 1. The molecule has 0 aliphatic carbocycles. The van der Waals surface area contributed by atoms with E-state index in [1.54, 1.807) is 6.07 Å². The summed E-state index contributed by atoms with van der Waals surface area (Å²) < 4.78 is 0. The van der Waals surface area contributed by atoms with Crippen LogP contribution in [-0.4, -0.2) is 5.11 Å². The van der Waals surface area contributed by atoms with Crippen LogP contribution in [0.25, 0.3) is 0 Å². The Labute approximate surface area is 126 Å². The molecule has 0 amide bonds. The molecule has 0 spiro atoms. The van der Waals surface area contributed by atoms with Gasteiger partial charge in [-0.1, -0.05) is 63.6 Å². The van der Waals surface area contributed by atoms with Crippen LogP contribution in [0, 0.1) is 0 Å². The molecule has 0 fully saturated rings. The topological polar surface area (TPSA) is 20.2 Å². The molecule has 0 aliphatic heterocycles. The Morgan fingerprint density at radius 3 is 2.00 bits per heavy atom. The van der Waals surface area contributed by atoms with Crippen molar-refractivity contribution in [2.75, 3.05) is 0 Å². The van der Waals surface area contributed by atoms with Crippen molar-refractivity contribution in [3.05, 3.63) is 29.8 Å². The van der Waals surface area contributed by atoms with Crippen molar-refractivity contribution in [1.29, 1.82) is 0 Å². The van der Waals surface area contributed by atoms with Crippen LogP contribution < -0.4 is 0 Å². The molecule has 1 N–H and O–H groups in total. The number of benzene rings is 1. The van der Waals surface area contributed by atoms with Gasteiger partial charge in [-0.25, -0.2) is 0 Å². The van der Waals surface area contributed by atoms with Gasteiger partial charge in [-0.2, -0.15) is 27.0 Å². The standard InChI is InChI=1S/C15H24O.2H2S/c1-2-3-4-5-6-7-8-11-14-12-9-10-13-15(14)16;;/h9-10,12-13,16H,2-8,11H2,1H3;2*1H2. The van der Waals surface area contributed by atoms with Crippen molar-refractivity contribution in [1.82, 2.24) is 0 Å². The third-order valence-electron chi connectivity index (χ3n) is 3.04. The lowest BCUT2D eigenvalue weighted by molar-refractivity contribution is 0.466. The molecule has 0 radical (unpaired) electrons. The summed E-state index contributed by atoms with van der Waals surface area (Å²) in [5, 5.41) is 9.58. The minimum atomic E-state index is 0. The fourth-order valence-electron chi connectivity index (χ4n) is 1.99. The summed E-state index contributed by atoms with van der Waals surface area (Å²) in [6.07, 6.45) is 10.3. The molecule has 1 rings (SSSR count). The molecule has 0 aromatic heterocycles. The van der Waals surface area contributed by atoms with E-state index in [0.717, 1.165) is 12.0 Å². The van der Waals surface area contributed by atoms with Gasteiger partial charge in [0, 0.05) is 0 Å². The van der Waals surface area contributed by atoms with E-state index in [4.69, 9.17) is 0 Å². The molecular weight excluding hydrogens is 260 g/mol. The maximum atomic E-state index is 9.58. The van der Waals surface area contributed by atoms with Gasteiger partial charge >= 0.3 is 0 Å². The van der Waals surface area contributed by atoms with Gasteiger partial charge in [-0.15, -0.1) is 0 Å². The molecule has 0 saturated carbocycles. The second-order valence-corrected chi connectivity index (χ2v) is 4.50. The Balaban J connectivity index is 0. The van der Waals surface area contributed by atoms with Gasteiger partial charge in [0.1, 0.15) is 5.75 Å². The Bertz CT molecular complexity index is 290. The molecule has 18 heavy (non-hydrogen) atoms.